The molecule has 1 aromatic carbocycles. The fourth-order valence-electron chi connectivity index (χ4n) is 2.18. The summed E-state index contributed by atoms with van der Waals surface area (Å²) >= 11 is 7.41. The topological polar surface area (TPSA) is 75.6 Å². The SMILES string of the molecule is N#Cc1c(N)nc(SCc2cccnc2Cl)c2cc(F)ccc12. The molecule has 0 spiro atoms. The van der Waals surface area contributed by atoms with Gasteiger partial charge in [-0.15, -0.1) is 11.8 Å². The Morgan fingerprint density at radius 1 is 1.30 bits per heavy atom. The molecule has 23 heavy (non-hydrogen) atoms. The molecule has 114 valence electrons. The average Bonchev–Trinajstić information content (AvgIpc) is 2.54. The molecule has 0 atom stereocenters. The van der Waals surface area contributed by atoms with Gasteiger partial charge in [-0.25, -0.2) is 14.4 Å². The second-order valence-corrected chi connectivity index (χ2v) is 6.04. The summed E-state index contributed by atoms with van der Waals surface area (Å²) < 4.78 is 13.6. The Balaban J connectivity index is 2.06. The molecule has 0 amide bonds. The smallest absolute Gasteiger partial charge is 0.143 e. The number of thioether (sulfide) groups is 1. The number of benzene rings is 1. The molecule has 0 bridgehead atoms. The number of hydrogen-bond acceptors (Lipinski definition) is 5. The Morgan fingerprint density at radius 2 is 2.13 bits per heavy atom. The van der Waals surface area contributed by atoms with E-state index in [4.69, 9.17) is 17.3 Å². The first-order valence-corrected chi connectivity index (χ1v) is 7.97. The number of nitrogens with two attached hydrogens (primary N) is 1. The van der Waals surface area contributed by atoms with Gasteiger partial charge >= 0.3 is 0 Å². The lowest BCUT2D eigenvalue weighted by Crippen LogP contribution is -1.99. The fraction of sp³-hybridized carbons (Fsp3) is 0.0625. The second-order valence-electron chi connectivity index (χ2n) is 4.72. The molecule has 0 fully saturated rings. The number of nitrogen functional groups attached to an aromatic ring is 1. The van der Waals surface area contributed by atoms with Gasteiger partial charge in [-0.2, -0.15) is 5.26 Å². The molecule has 0 radical (unpaired) electrons. The highest BCUT2D eigenvalue weighted by atomic mass is 35.5. The summed E-state index contributed by atoms with van der Waals surface area (Å²) in [5, 5.41) is 11.3. The highest BCUT2D eigenvalue weighted by Gasteiger charge is 2.14. The van der Waals surface area contributed by atoms with Crippen molar-refractivity contribution in [2.24, 2.45) is 0 Å². The number of rotatable bonds is 3. The maximum absolute atomic E-state index is 13.6. The van der Waals surface area contributed by atoms with Gasteiger partial charge in [0.15, 0.2) is 0 Å². The van der Waals surface area contributed by atoms with Crippen LogP contribution >= 0.6 is 23.4 Å². The van der Waals surface area contributed by atoms with Gasteiger partial charge in [0.25, 0.3) is 0 Å². The Labute approximate surface area is 141 Å². The number of aromatic nitrogens is 2. The number of anilines is 1. The fourth-order valence-corrected chi connectivity index (χ4v) is 3.45. The second kappa shape index (κ2) is 6.41. The molecule has 0 unspecified atom stereocenters. The molecule has 7 heteroatoms. The Hall–Kier alpha value is -2.36. The van der Waals surface area contributed by atoms with Gasteiger partial charge in [-0.1, -0.05) is 17.7 Å². The zero-order chi connectivity index (χ0) is 16.4. The quantitative estimate of drug-likeness (QED) is 0.570. The first-order chi connectivity index (χ1) is 11.1. The summed E-state index contributed by atoms with van der Waals surface area (Å²) in [5.74, 6) is 0.247. The van der Waals surface area contributed by atoms with Crippen LogP contribution in [0.15, 0.2) is 41.6 Å². The Bertz CT molecular complexity index is 939. The molecule has 2 aromatic heterocycles. The molecule has 0 aliphatic rings. The zero-order valence-corrected chi connectivity index (χ0v) is 13.3. The summed E-state index contributed by atoms with van der Waals surface area (Å²) in [4.78, 5) is 8.26. The van der Waals surface area contributed by atoms with Crippen LogP contribution in [0.3, 0.4) is 0 Å². The molecular weight excluding hydrogens is 335 g/mol. The van der Waals surface area contributed by atoms with Gasteiger partial charge in [0.05, 0.1) is 0 Å². The first kappa shape index (κ1) is 15.5. The van der Waals surface area contributed by atoms with Gasteiger partial charge in [0.1, 0.15) is 33.4 Å². The number of nitriles is 1. The van der Waals surface area contributed by atoms with Gasteiger partial charge in [0.2, 0.25) is 0 Å². The van der Waals surface area contributed by atoms with E-state index in [1.165, 1.54) is 23.9 Å². The van der Waals surface area contributed by atoms with Crippen molar-refractivity contribution in [1.82, 2.24) is 9.97 Å². The molecule has 4 nitrogen and oxygen atoms in total. The first-order valence-electron chi connectivity index (χ1n) is 6.61. The minimum atomic E-state index is -0.394. The van der Waals surface area contributed by atoms with Gasteiger partial charge in [0, 0.05) is 22.7 Å². The molecule has 0 saturated heterocycles. The molecule has 3 rings (SSSR count). The van der Waals surface area contributed by atoms with Crippen molar-refractivity contribution in [3.05, 3.63) is 58.6 Å². The minimum Gasteiger partial charge on any atom is -0.383 e. The number of fused-ring (bicyclic) bond motifs is 1. The molecule has 3 aromatic rings. The van der Waals surface area contributed by atoms with Crippen LogP contribution in [0.4, 0.5) is 10.2 Å². The van der Waals surface area contributed by atoms with Gasteiger partial charge in [-0.3, -0.25) is 0 Å². The van der Waals surface area contributed by atoms with Crippen molar-refractivity contribution < 1.29 is 4.39 Å². The van der Waals surface area contributed by atoms with Crippen molar-refractivity contribution in [3.63, 3.8) is 0 Å². The summed E-state index contributed by atoms with van der Waals surface area (Å²) in [6.45, 7) is 0. The molecule has 0 aliphatic carbocycles. The van der Waals surface area contributed by atoms with Crippen LogP contribution < -0.4 is 5.73 Å². The predicted octanol–water partition coefficient (Wildman–Crippen LogP) is 4.17. The predicted molar refractivity (Wildman–Crippen MR) is 89.6 cm³/mol. The van der Waals surface area contributed by atoms with E-state index in [2.05, 4.69) is 9.97 Å². The summed E-state index contributed by atoms with van der Waals surface area (Å²) in [7, 11) is 0. The third-order valence-corrected chi connectivity index (χ3v) is 4.65. The molecule has 0 saturated carbocycles. The van der Waals surface area contributed by atoms with E-state index in [1.807, 2.05) is 12.1 Å². The average molecular weight is 345 g/mol. The van der Waals surface area contributed by atoms with Crippen LogP contribution in [-0.4, -0.2) is 9.97 Å². The minimum absolute atomic E-state index is 0.131. The zero-order valence-electron chi connectivity index (χ0n) is 11.8. The lowest BCUT2D eigenvalue weighted by molar-refractivity contribution is 0.629. The van der Waals surface area contributed by atoms with Gasteiger partial charge in [-0.05, 0) is 29.8 Å². The number of nitrogens with zero attached hydrogens (tertiary/aromatic N) is 3. The van der Waals surface area contributed by atoms with E-state index in [0.29, 0.717) is 26.7 Å². The van der Waals surface area contributed by atoms with E-state index in [1.54, 1.807) is 18.3 Å². The van der Waals surface area contributed by atoms with Crippen LogP contribution in [0.5, 0.6) is 0 Å². The normalized spacial score (nSPS) is 10.7. The van der Waals surface area contributed by atoms with Crippen LogP contribution in [0, 0.1) is 17.1 Å². The van der Waals surface area contributed by atoms with Crippen molar-refractivity contribution in [3.8, 4) is 6.07 Å². The number of hydrogen-bond donors (Lipinski definition) is 1. The Morgan fingerprint density at radius 3 is 2.87 bits per heavy atom. The largest absolute Gasteiger partial charge is 0.383 e. The lowest BCUT2D eigenvalue weighted by atomic mass is 10.1. The highest BCUT2D eigenvalue weighted by Crippen LogP contribution is 2.33. The van der Waals surface area contributed by atoms with Crippen molar-refractivity contribution in [2.75, 3.05) is 5.73 Å². The van der Waals surface area contributed by atoms with Crippen LogP contribution in [0.25, 0.3) is 10.8 Å². The van der Waals surface area contributed by atoms with Gasteiger partial charge < -0.3 is 5.73 Å². The summed E-state index contributed by atoms with van der Waals surface area (Å²) in [6, 6.07) is 9.87. The maximum atomic E-state index is 13.6. The summed E-state index contributed by atoms with van der Waals surface area (Å²) in [5.41, 5.74) is 6.95. The van der Waals surface area contributed by atoms with Crippen LogP contribution in [0.2, 0.25) is 5.15 Å². The lowest BCUT2D eigenvalue weighted by Gasteiger charge is -2.10. The number of halogens is 2. The molecule has 0 aliphatic heterocycles. The Kier molecular flexibility index (Phi) is 4.33. The molecule has 2 N–H and O–H groups in total. The van der Waals surface area contributed by atoms with E-state index in [9.17, 15) is 9.65 Å². The third-order valence-electron chi connectivity index (χ3n) is 3.27. The monoisotopic (exact) mass is 344 g/mol. The van der Waals surface area contributed by atoms with Crippen LogP contribution in [0.1, 0.15) is 11.1 Å². The van der Waals surface area contributed by atoms with E-state index in [-0.39, 0.29) is 11.4 Å². The van der Waals surface area contributed by atoms with Crippen molar-refractivity contribution in [1.29, 1.82) is 5.26 Å². The standard InChI is InChI=1S/C16H10ClFN4S/c17-14-9(2-1-5-21-14)8-23-16-12-6-10(18)3-4-11(12)13(7-19)15(20)22-16/h1-6H,8H2,(H2,20,22). The van der Waals surface area contributed by atoms with E-state index < -0.39 is 5.82 Å². The van der Waals surface area contributed by atoms with Crippen LogP contribution in [-0.2, 0) is 5.75 Å². The maximum Gasteiger partial charge on any atom is 0.143 e. The van der Waals surface area contributed by atoms with Crippen molar-refractivity contribution in [2.45, 2.75) is 10.8 Å². The highest BCUT2D eigenvalue weighted by molar-refractivity contribution is 7.98. The summed E-state index contributed by atoms with van der Waals surface area (Å²) in [6.07, 6.45) is 1.61. The third kappa shape index (κ3) is 3.07. The molecule has 2 heterocycles. The number of pyridine rings is 2. The van der Waals surface area contributed by atoms with E-state index >= 15 is 0 Å². The van der Waals surface area contributed by atoms with E-state index in [0.717, 1.165) is 5.56 Å². The molecular formula is C16H10ClFN4S. The van der Waals surface area contributed by atoms with Crippen molar-refractivity contribution >= 4 is 40.0 Å².